The van der Waals surface area contributed by atoms with E-state index in [1.165, 1.54) is 0 Å². The molecule has 0 radical (unpaired) electrons. The number of carbonyl (C=O) groups is 4. The van der Waals surface area contributed by atoms with Gasteiger partial charge in [0, 0.05) is 23.7 Å². The molecule has 4 bridgehead atoms. The van der Waals surface area contributed by atoms with Gasteiger partial charge >= 0.3 is 0 Å². The zero-order valence-corrected chi connectivity index (χ0v) is 32.5. The monoisotopic (exact) mass is 707 g/mol. The van der Waals surface area contributed by atoms with Gasteiger partial charge in [-0.1, -0.05) is 80.7 Å². The highest BCUT2D eigenvalue weighted by Gasteiger charge is 2.88. The van der Waals surface area contributed by atoms with Crippen LogP contribution in [-0.4, -0.2) is 71.0 Å². The Kier molecular flexibility index (Phi) is 10.2. The first-order valence-electron chi connectivity index (χ1n) is 20.3. The van der Waals surface area contributed by atoms with Crippen LogP contribution in [0.2, 0.25) is 0 Å². The molecule has 4 amide bonds. The van der Waals surface area contributed by atoms with E-state index in [2.05, 4.69) is 48.6 Å². The van der Waals surface area contributed by atoms with Crippen molar-refractivity contribution in [1.29, 1.82) is 5.41 Å². The van der Waals surface area contributed by atoms with Gasteiger partial charge in [0.05, 0.1) is 6.04 Å². The topological polar surface area (TPSA) is 143 Å². The van der Waals surface area contributed by atoms with Crippen molar-refractivity contribution in [3.05, 3.63) is 12.3 Å². The highest BCUT2D eigenvalue weighted by atomic mass is 16.2. The lowest BCUT2D eigenvalue weighted by Crippen LogP contribution is -2.61. The van der Waals surface area contributed by atoms with Crippen LogP contribution in [0.1, 0.15) is 138 Å². The molecule has 4 saturated carbocycles. The first-order chi connectivity index (χ1) is 24.0. The molecule has 284 valence electrons. The van der Waals surface area contributed by atoms with Gasteiger partial charge in [-0.05, 0) is 98.2 Å². The second-order valence-electron chi connectivity index (χ2n) is 18.7. The first-order valence-corrected chi connectivity index (χ1v) is 20.3. The van der Waals surface area contributed by atoms with Gasteiger partial charge in [-0.25, -0.2) is 0 Å². The van der Waals surface area contributed by atoms with Crippen LogP contribution < -0.4 is 21.3 Å². The summed E-state index contributed by atoms with van der Waals surface area (Å²) in [7, 11) is 0. The number of rotatable bonds is 12. The number of hydrogen-bond donors (Lipinski definition) is 5. The van der Waals surface area contributed by atoms with Crippen molar-refractivity contribution in [2.45, 2.75) is 169 Å². The van der Waals surface area contributed by atoms with Gasteiger partial charge < -0.3 is 26.2 Å². The summed E-state index contributed by atoms with van der Waals surface area (Å²) in [5.41, 5.74) is -0.0180. The van der Waals surface area contributed by atoms with E-state index in [1.807, 2.05) is 27.7 Å². The lowest BCUT2D eigenvalue weighted by Gasteiger charge is -2.42. The molecule has 6 rings (SSSR count). The van der Waals surface area contributed by atoms with Crippen LogP contribution >= 0.6 is 0 Å². The van der Waals surface area contributed by atoms with E-state index in [-0.39, 0.29) is 57.6 Å². The van der Waals surface area contributed by atoms with Crippen LogP contribution in [0.25, 0.3) is 0 Å². The summed E-state index contributed by atoms with van der Waals surface area (Å²) in [4.78, 5) is 58.9. The molecule has 6 fully saturated rings. The molecule has 6 aliphatic rings. The van der Waals surface area contributed by atoms with Crippen molar-refractivity contribution in [3.8, 4) is 0 Å². The molecule has 2 saturated heterocycles. The fourth-order valence-corrected chi connectivity index (χ4v) is 11.4. The molecule has 6 unspecified atom stereocenters. The molecule has 2 spiro atoms. The number of nitrogens with one attached hydrogen (secondary N) is 5. The molecule has 51 heavy (non-hydrogen) atoms. The summed E-state index contributed by atoms with van der Waals surface area (Å²) >= 11 is 0. The van der Waals surface area contributed by atoms with Crippen LogP contribution in [0.4, 0.5) is 0 Å². The lowest BCUT2D eigenvalue weighted by atomic mass is 9.65. The SMILES string of the molecule is C=C(NC1C(=O)N[C@@H](C(C)(C)C)C(=O)N2C[C@@]3(C[C@H]2C(=O)NC(CCC)C(=N)C(=O)NC2CC2)C2(CCC2)C3(C)C2CCCC1C2)C(C)CCC. The summed E-state index contributed by atoms with van der Waals surface area (Å²) in [6, 6.07) is -2.67. The van der Waals surface area contributed by atoms with E-state index < -0.39 is 35.5 Å². The van der Waals surface area contributed by atoms with Gasteiger partial charge in [0.25, 0.3) is 5.91 Å². The number of nitrogens with zero attached hydrogens (tertiary/aromatic N) is 1. The molecule has 0 aromatic carbocycles. The van der Waals surface area contributed by atoms with Gasteiger partial charge in [0.15, 0.2) is 0 Å². The Labute approximate surface area is 306 Å². The average Bonchev–Trinajstić information content (AvgIpc) is 3.90. The molecule has 5 N–H and O–H groups in total. The molecule has 2 heterocycles. The Morgan fingerprint density at radius 1 is 1.02 bits per heavy atom. The van der Waals surface area contributed by atoms with E-state index in [0.29, 0.717) is 31.7 Å². The Morgan fingerprint density at radius 3 is 2.29 bits per heavy atom. The number of carbonyl (C=O) groups excluding carboxylic acids is 4. The normalized spacial score (nSPS) is 35.2. The van der Waals surface area contributed by atoms with Crippen molar-refractivity contribution in [3.63, 3.8) is 0 Å². The smallest absolute Gasteiger partial charge is 0.267 e. The molecule has 9 atom stereocenters. The van der Waals surface area contributed by atoms with Gasteiger partial charge in [0.1, 0.15) is 23.8 Å². The Balaban J connectivity index is 1.37. The maximum atomic E-state index is 15.0. The Bertz CT molecular complexity index is 1430. The second kappa shape index (κ2) is 13.8. The summed E-state index contributed by atoms with van der Waals surface area (Å²) in [5, 5.41) is 21.6. The van der Waals surface area contributed by atoms with Gasteiger partial charge in [-0.2, -0.15) is 0 Å². The van der Waals surface area contributed by atoms with E-state index in [9.17, 15) is 14.4 Å². The maximum Gasteiger partial charge on any atom is 0.267 e. The van der Waals surface area contributed by atoms with Gasteiger partial charge in [-0.15, -0.1) is 0 Å². The molecular formula is C41H66N6O4. The van der Waals surface area contributed by atoms with Crippen molar-refractivity contribution in [1.82, 2.24) is 26.2 Å². The van der Waals surface area contributed by atoms with Crippen LogP contribution in [0.5, 0.6) is 0 Å². The highest BCUT2D eigenvalue weighted by Crippen LogP contribution is 2.91. The molecule has 4 aliphatic carbocycles. The van der Waals surface area contributed by atoms with E-state index >= 15 is 4.79 Å². The predicted octanol–water partition coefficient (Wildman–Crippen LogP) is 5.61. The van der Waals surface area contributed by atoms with Crippen molar-refractivity contribution < 1.29 is 19.2 Å². The fourth-order valence-electron chi connectivity index (χ4n) is 11.4. The molecule has 10 heteroatoms. The third-order valence-electron chi connectivity index (χ3n) is 14.7. The largest absolute Gasteiger partial charge is 0.377 e. The Hall–Kier alpha value is -2.91. The summed E-state index contributed by atoms with van der Waals surface area (Å²) in [6.07, 6.45) is 13.0. The zero-order chi connectivity index (χ0) is 37.1. The van der Waals surface area contributed by atoms with Gasteiger partial charge in [-0.3, -0.25) is 24.6 Å². The molecule has 0 aromatic rings. The standard InChI is InChI=1S/C41H66N6O4/c1-9-13-24(3)25(4)43-32-26-15-11-16-27(21-26)39(8)40(19-12-20-40)41(39)22-30(47(23-41)37(51)33(38(5,6)7)46-36(32)50)34(48)45-29(14-10-2)31(42)35(49)44-28-17-18-28/h24,26-30,32-33,42-43H,4,9-23H2,1-3,5-8H3,(H,44,49)(H,45,48)(H,46,50)/t24?,26?,27?,29?,30-,32?,33+,39?,41+/m0/s1. The zero-order valence-electron chi connectivity index (χ0n) is 32.5. The number of allylic oxidation sites excluding steroid dienone is 1. The fraction of sp³-hybridized carbons (Fsp3) is 0.829. The molecule has 2 aliphatic heterocycles. The number of hydrogen-bond acceptors (Lipinski definition) is 6. The minimum absolute atomic E-state index is 0.0475. The minimum Gasteiger partial charge on any atom is -0.377 e. The predicted molar refractivity (Wildman–Crippen MR) is 200 cm³/mol. The maximum absolute atomic E-state index is 15.0. The van der Waals surface area contributed by atoms with Crippen molar-refractivity contribution >= 4 is 29.3 Å². The second-order valence-corrected chi connectivity index (χ2v) is 18.7. The Morgan fingerprint density at radius 2 is 1.71 bits per heavy atom. The quantitative estimate of drug-likeness (QED) is 0.168. The van der Waals surface area contributed by atoms with Crippen LogP contribution in [0.15, 0.2) is 12.3 Å². The molecule has 10 nitrogen and oxygen atoms in total. The number of fused-ring (bicyclic) bond motifs is 5. The summed E-state index contributed by atoms with van der Waals surface area (Å²) < 4.78 is 0. The average molecular weight is 707 g/mol. The summed E-state index contributed by atoms with van der Waals surface area (Å²) in [5.74, 6) is -0.358. The van der Waals surface area contributed by atoms with E-state index in [1.54, 1.807) is 4.90 Å². The van der Waals surface area contributed by atoms with Crippen LogP contribution in [0, 0.1) is 44.8 Å². The minimum atomic E-state index is -0.837. The first kappa shape index (κ1) is 37.8. The van der Waals surface area contributed by atoms with E-state index in [4.69, 9.17) is 5.41 Å². The van der Waals surface area contributed by atoms with Crippen LogP contribution in [0.3, 0.4) is 0 Å². The molecular weight excluding hydrogens is 640 g/mol. The van der Waals surface area contributed by atoms with E-state index in [0.717, 1.165) is 76.3 Å². The van der Waals surface area contributed by atoms with Crippen LogP contribution in [-0.2, 0) is 19.2 Å². The number of amides is 4. The lowest BCUT2D eigenvalue weighted by molar-refractivity contribution is -0.144. The summed E-state index contributed by atoms with van der Waals surface area (Å²) in [6.45, 7) is 19.6. The van der Waals surface area contributed by atoms with Crippen molar-refractivity contribution in [2.24, 2.45) is 39.4 Å². The van der Waals surface area contributed by atoms with Crippen molar-refractivity contribution in [2.75, 3.05) is 6.54 Å². The third-order valence-corrected chi connectivity index (χ3v) is 14.7. The van der Waals surface area contributed by atoms with Gasteiger partial charge in [0.2, 0.25) is 17.7 Å². The highest BCUT2D eigenvalue weighted by molar-refractivity contribution is 6.40. The third kappa shape index (κ3) is 6.32. The molecule has 0 aromatic heterocycles.